The van der Waals surface area contributed by atoms with Crippen molar-refractivity contribution in [3.63, 3.8) is 0 Å². The fraction of sp³-hybridized carbons (Fsp3) is 0.357. The lowest BCUT2D eigenvalue weighted by Gasteiger charge is -2.17. The minimum absolute atomic E-state index is 0.0189. The van der Waals surface area contributed by atoms with Crippen LogP contribution in [-0.4, -0.2) is 29.1 Å². The number of carbonyl (C=O) groups excluding carboxylic acids is 1. The molecule has 0 radical (unpaired) electrons. The van der Waals surface area contributed by atoms with Crippen LogP contribution in [0.15, 0.2) is 22.7 Å². The van der Waals surface area contributed by atoms with Gasteiger partial charge in [-0.15, -0.1) is 0 Å². The fourth-order valence-corrected chi connectivity index (χ4v) is 2.38. The molecule has 5 nitrogen and oxygen atoms in total. The number of ether oxygens (including phenoxy) is 1. The predicted octanol–water partition coefficient (Wildman–Crippen LogP) is 2.53. The molecule has 2 aromatic rings. The second-order valence-electron chi connectivity index (χ2n) is 4.78. The minimum Gasteiger partial charge on any atom is -0.380 e. The minimum atomic E-state index is -0.524. The van der Waals surface area contributed by atoms with Gasteiger partial charge < -0.3 is 9.26 Å². The maximum Gasteiger partial charge on any atom is 0.239 e. The maximum atomic E-state index is 13.8. The van der Waals surface area contributed by atoms with Crippen LogP contribution in [0.3, 0.4) is 0 Å². The topological polar surface area (TPSA) is 65.2 Å². The van der Waals surface area contributed by atoms with Crippen molar-refractivity contribution in [2.24, 2.45) is 0 Å². The van der Waals surface area contributed by atoms with Crippen molar-refractivity contribution in [2.75, 3.05) is 13.2 Å². The molecule has 0 amide bonds. The summed E-state index contributed by atoms with van der Waals surface area (Å²) in [5, 5.41) is 3.84. The molecule has 7 heteroatoms. The van der Waals surface area contributed by atoms with Crippen LogP contribution in [-0.2, 0) is 16.0 Å². The van der Waals surface area contributed by atoms with E-state index in [4.69, 9.17) is 20.9 Å². The molecule has 1 aromatic carbocycles. The second-order valence-corrected chi connectivity index (χ2v) is 5.19. The molecule has 0 bridgehead atoms. The smallest absolute Gasteiger partial charge is 0.239 e. The van der Waals surface area contributed by atoms with Crippen LogP contribution in [0.4, 0.5) is 4.39 Å². The molecule has 0 spiro atoms. The number of carbonyl (C=O) groups is 1. The molecule has 0 aliphatic carbocycles. The van der Waals surface area contributed by atoms with Gasteiger partial charge in [-0.3, -0.25) is 4.79 Å². The molecule has 1 aromatic heterocycles. The zero-order valence-corrected chi connectivity index (χ0v) is 11.8. The Morgan fingerprint density at radius 2 is 2.29 bits per heavy atom. The molecule has 2 heterocycles. The van der Waals surface area contributed by atoms with E-state index in [1.165, 1.54) is 6.07 Å². The number of aromatic nitrogens is 2. The normalized spacial score (nSPS) is 19.0. The molecular weight excluding hydrogens is 299 g/mol. The Morgan fingerprint density at radius 3 is 3.10 bits per heavy atom. The Bertz CT molecular complexity index is 674. The first-order valence-electron chi connectivity index (χ1n) is 6.51. The highest BCUT2D eigenvalue weighted by atomic mass is 35.5. The fourth-order valence-electron chi connectivity index (χ4n) is 2.19. The Balaban J connectivity index is 1.79. The third-order valence-corrected chi connectivity index (χ3v) is 3.62. The van der Waals surface area contributed by atoms with E-state index in [1.807, 2.05) is 0 Å². The first kappa shape index (κ1) is 14.2. The van der Waals surface area contributed by atoms with Gasteiger partial charge in [-0.05, 0) is 11.6 Å². The van der Waals surface area contributed by atoms with E-state index in [0.29, 0.717) is 24.4 Å². The highest BCUT2D eigenvalue weighted by Crippen LogP contribution is 2.23. The largest absolute Gasteiger partial charge is 0.380 e. The second kappa shape index (κ2) is 5.91. The summed E-state index contributed by atoms with van der Waals surface area (Å²) in [5.74, 6) is -0.473. The summed E-state index contributed by atoms with van der Waals surface area (Å²) in [4.78, 5) is 15.9. The van der Waals surface area contributed by atoms with Crippen molar-refractivity contribution in [1.82, 2.24) is 10.1 Å². The molecule has 3 rings (SSSR count). The Morgan fingerprint density at radius 1 is 1.43 bits per heavy atom. The van der Waals surface area contributed by atoms with E-state index in [1.54, 1.807) is 12.1 Å². The van der Waals surface area contributed by atoms with Gasteiger partial charge in [0.25, 0.3) is 0 Å². The third-order valence-electron chi connectivity index (χ3n) is 3.33. The summed E-state index contributed by atoms with van der Waals surface area (Å²) >= 11 is 5.73. The lowest BCUT2D eigenvalue weighted by atomic mass is 10.0. The van der Waals surface area contributed by atoms with Gasteiger partial charge in [0.05, 0.1) is 18.2 Å². The van der Waals surface area contributed by atoms with E-state index < -0.39 is 11.7 Å². The van der Waals surface area contributed by atoms with Crippen molar-refractivity contribution in [2.45, 2.75) is 18.8 Å². The molecule has 0 N–H and O–H groups in total. The molecule has 1 atom stereocenters. The lowest BCUT2D eigenvalue weighted by molar-refractivity contribution is -0.127. The Labute approximate surface area is 125 Å². The van der Waals surface area contributed by atoms with Crippen molar-refractivity contribution in [1.29, 1.82) is 0 Å². The molecule has 1 saturated heterocycles. The summed E-state index contributed by atoms with van der Waals surface area (Å²) in [6.45, 7) is 0.663. The van der Waals surface area contributed by atoms with Gasteiger partial charge in [-0.25, -0.2) is 4.39 Å². The summed E-state index contributed by atoms with van der Waals surface area (Å²) in [5.41, 5.74) is 0.376. The predicted molar refractivity (Wildman–Crippen MR) is 71.7 cm³/mol. The average Bonchev–Trinajstić information content (AvgIpc) is 2.93. The third kappa shape index (κ3) is 2.96. The first-order chi connectivity index (χ1) is 10.1. The number of hydrogen-bond acceptors (Lipinski definition) is 5. The van der Waals surface area contributed by atoms with Gasteiger partial charge in [-0.2, -0.15) is 4.98 Å². The van der Waals surface area contributed by atoms with Gasteiger partial charge in [0.1, 0.15) is 17.5 Å². The Kier molecular flexibility index (Phi) is 3.98. The molecule has 0 saturated carbocycles. The van der Waals surface area contributed by atoms with Crippen LogP contribution in [0.5, 0.6) is 0 Å². The van der Waals surface area contributed by atoms with Crippen LogP contribution in [0.1, 0.15) is 29.6 Å². The van der Waals surface area contributed by atoms with Crippen molar-refractivity contribution in [3.05, 3.63) is 46.3 Å². The van der Waals surface area contributed by atoms with Crippen LogP contribution >= 0.6 is 11.6 Å². The number of benzene rings is 1. The van der Waals surface area contributed by atoms with E-state index in [9.17, 15) is 9.18 Å². The molecule has 1 aliphatic heterocycles. The van der Waals surface area contributed by atoms with Crippen molar-refractivity contribution < 1.29 is 18.4 Å². The number of ketones is 1. The SMILES string of the molecule is O=C1CCOCC1c1nc(Cc2cccc(Cl)c2F)no1. The Hall–Kier alpha value is -1.79. The van der Waals surface area contributed by atoms with Crippen LogP contribution in [0.2, 0.25) is 5.02 Å². The number of nitrogens with zero attached hydrogens (tertiary/aromatic N) is 2. The lowest BCUT2D eigenvalue weighted by Crippen LogP contribution is -2.25. The zero-order chi connectivity index (χ0) is 14.8. The molecule has 21 heavy (non-hydrogen) atoms. The molecule has 1 unspecified atom stereocenters. The summed E-state index contributed by atoms with van der Waals surface area (Å²) in [6, 6.07) is 4.73. The van der Waals surface area contributed by atoms with E-state index >= 15 is 0 Å². The average molecular weight is 311 g/mol. The van der Waals surface area contributed by atoms with E-state index in [-0.39, 0.29) is 29.7 Å². The monoisotopic (exact) mass is 310 g/mol. The van der Waals surface area contributed by atoms with Crippen molar-refractivity contribution >= 4 is 17.4 Å². The number of rotatable bonds is 3. The van der Waals surface area contributed by atoms with Gasteiger partial charge in [0.2, 0.25) is 5.89 Å². The standard InChI is InChI=1S/C14H12ClFN2O3/c15-10-3-1-2-8(13(10)16)6-12-17-14(21-18-12)9-7-20-5-4-11(9)19/h1-3,9H,4-7H2. The molecule has 1 fully saturated rings. The van der Waals surface area contributed by atoms with Crippen molar-refractivity contribution in [3.8, 4) is 0 Å². The summed E-state index contributed by atoms with van der Waals surface area (Å²) in [6.07, 6.45) is 0.489. The van der Waals surface area contributed by atoms with Crippen LogP contribution in [0.25, 0.3) is 0 Å². The number of Topliss-reactive ketones (excluding diaryl/α,β-unsaturated/α-hetero) is 1. The maximum absolute atomic E-state index is 13.8. The molecule has 110 valence electrons. The van der Waals surface area contributed by atoms with Gasteiger partial charge in [0, 0.05) is 12.8 Å². The van der Waals surface area contributed by atoms with Gasteiger partial charge in [0.15, 0.2) is 5.82 Å². The quantitative estimate of drug-likeness (QED) is 0.871. The molecular formula is C14H12ClFN2O3. The molecule has 1 aliphatic rings. The van der Waals surface area contributed by atoms with Crippen LogP contribution in [0, 0.1) is 5.82 Å². The summed E-state index contributed by atoms with van der Waals surface area (Å²) < 4.78 is 24.2. The van der Waals surface area contributed by atoms with E-state index in [0.717, 1.165) is 0 Å². The van der Waals surface area contributed by atoms with Gasteiger partial charge in [-0.1, -0.05) is 28.9 Å². The number of halogens is 2. The number of hydrogen-bond donors (Lipinski definition) is 0. The van der Waals surface area contributed by atoms with Crippen LogP contribution < -0.4 is 0 Å². The van der Waals surface area contributed by atoms with Gasteiger partial charge >= 0.3 is 0 Å². The zero-order valence-electron chi connectivity index (χ0n) is 11.0. The highest BCUT2D eigenvalue weighted by Gasteiger charge is 2.29. The first-order valence-corrected chi connectivity index (χ1v) is 6.89. The summed E-state index contributed by atoms with van der Waals surface area (Å²) in [7, 11) is 0. The highest BCUT2D eigenvalue weighted by molar-refractivity contribution is 6.30. The van der Waals surface area contributed by atoms with E-state index in [2.05, 4.69) is 10.1 Å².